The molecule has 2 unspecified atom stereocenters. The molecule has 2 amide bonds. The molecule has 0 spiro atoms. The molecule has 20 heavy (non-hydrogen) atoms. The van der Waals surface area contributed by atoms with Crippen molar-refractivity contribution in [3.05, 3.63) is 20.8 Å². The third kappa shape index (κ3) is 2.76. The summed E-state index contributed by atoms with van der Waals surface area (Å²) in [7, 11) is 0. The van der Waals surface area contributed by atoms with Gasteiger partial charge in [0.1, 0.15) is 11.6 Å². The van der Waals surface area contributed by atoms with Crippen molar-refractivity contribution in [2.75, 3.05) is 0 Å². The number of carbonyl (C=O) groups excluding carboxylic acids is 2. The van der Waals surface area contributed by atoms with E-state index in [1.807, 2.05) is 26.0 Å². The number of thiophene rings is 1. The van der Waals surface area contributed by atoms with Crippen LogP contribution in [0.3, 0.4) is 0 Å². The quantitative estimate of drug-likeness (QED) is 0.899. The van der Waals surface area contributed by atoms with Gasteiger partial charge in [0.2, 0.25) is 11.8 Å². The van der Waals surface area contributed by atoms with E-state index in [4.69, 9.17) is 0 Å². The van der Waals surface area contributed by atoms with Gasteiger partial charge in [-0.25, -0.2) is 0 Å². The molecular formula is C14H19BrN2O2S. The highest BCUT2D eigenvalue weighted by Gasteiger charge is 2.46. The molecule has 0 saturated carbocycles. The number of carbonyl (C=O) groups is 2. The molecule has 0 radical (unpaired) electrons. The molecule has 1 aliphatic rings. The van der Waals surface area contributed by atoms with Gasteiger partial charge in [0.05, 0.1) is 10.3 Å². The Balaban J connectivity index is 2.29. The molecule has 1 aromatic heterocycles. The van der Waals surface area contributed by atoms with E-state index in [0.717, 1.165) is 8.66 Å². The topological polar surface area (TPSA) is 49.4 Å². The monoisotopic (exact) mass is 358 g/mol. The van der Waals surface area contributed by atoms with Gasteiger partial charge in [-0.05, 0) is 47.8 Å². The van der Waals surface area contributed by atoms with Crippen LogP contribution < -0.4 is 5.32 Å². The molecule has 1 aliphatic heterocycles. The van der Waals surface area contributed by atoms with E-state index in [9.17, 15) is 9.59 Å². The van der Waals surface area contributed by atoms with Crippen LogP contribution in [-0.2, 0) is 16.1 Å². The highest BCUT2D eigenvalue weighted by atomic mass is 79.9. The maximum absolute atomic E-state index is 12.7. The largest absolute Gasteiger partial charge is 0.340 e. The first-order valence-corrected chi connectivity index (χ1v) is 8.39. The Labute approximate surface area is 131 Å². The number of nitrogens with zero attached hydrogens (tertiary/aromatic N) is 1. The first-order chi connectivity index (χ1) is 9.41. The first-order valence-electron chi connectivity index (χ1n) is 6.78. The molecule has 110 valence electrons. The lowest BCUT2D eigenvalue weighted by Crippen LogP contribution is -2.68. The number of rotatable bonds is 4. The molecule has 2 rings (SSSR count). The molecule has 2 heterocycles. The fraction of sp³-hybridized carbons (Fsp3) is 0.571. The van der Waals surface area contributed by atoms with Gasteiger partial charge in [0.15, 0.2) is 0 Å². The van der Waals surface area contributed by atoms with E-state index in [1.165, 1.54) is 0 Å². The molecule has 0 aromatic carbocycles. The van der Waals surface area contributed by atoms with Crippen molar-refractivity contribution in [2.24, 2.45) is 0 Å². The zero-order valence-electron chi connectivity index (χ0n) is 11.9. The predicted molar refractivity (Wildman–Crippen MR) is 83.5 cm³/mol. The van der Waals surface area contributed by atoms with Gasteiger partial charge in [-0.15, -0.1) is 11.3 Å². The van der Waals surface area contributed by atoms with Crippen LogP contribution in [0.4, 0.5) is 0 Å². The van der Waals surface area contributed by atoms with Crippen molar-refractivity contribution in [1.82, 2.24) is 10.2 Å². The van der Waals surface area contributed by atoms with Gasteiger partial charge >= 0.3 is 0 Å². The molecule has 1 fully saturated rings. The van der Waals surface area contributed by atoms with Gasteiger partial charge in [-0.2, -0.15) is 0 Å². The Morgan fingerprint density at radius 1 is 1.40 bits per heavy atom. The average molecular weight is 359 g/mol. The van der Waals surface area contributed by atoms with Gasteiger partial charge in [0, 0.05) is 4.88 Å². The van der Waals surface area contributed by atoms with E-state index in [1.54, 1.807) is 23.2 Å². The van der Waals surface area contributed by atoms with Crippen LogP contribution in [0.1, 0.15) is 38.5 Å². The molecule has 6 heteroatoms. The number of halogens is 1. The van der Waals surface area contributed by atoms with Crippen LogP contribution in [0.25, 0.3) is 0 Å². The third-order valence-corrected chi connectivity index (χ3v) is 5.47. The number of piperazine rings is 1. The van der Waals surface area contributed by atoms with Crippen molar-refractivity contribution in [2.45, 2.75) is 51.7 Å². The predicted octanol–water partition coefficient (Wildman–Crippen LogP) is 2.92. The lowest BCUT2D eigenvalue weighted by atomic mass is 9.91. The molecule has 2 atom stereocenters. The Hall–Kier alpha value is -0.880. The lowest BCUT2D eigenvalue weighted by molar-refractivity contribution is -0.155. The molecular weight excluding hydrogens is 340 g/mol. The van der Waals surface area contributed by atoms with Crippen LogP contribution in [0.2, 0.25) is 0 Å². The van der Waals surface area contributed by atoms with Crippen LogP contribution in [-0.4, -0.2) is 28.3 Å². The summed E-state index contributed by atoms with van der Waals surface area (Å²) in [5, 5.41) is 2.88. The summed E-state index contributed by atoms with van der Waals surface area (Å²) in [5.74, 6) is -0.0388. The zero-order valence-corrected chi connectivity index (χ0v) is 14.3. The van der Waals surface area contributed by atoms with Crippen molar-refractivity contribution in [3.63, 3.8) is 0 Å². The summed E-state index contributed by atoms with van der Waals surface area (Å²) in [6, 6.07) is 3.59. The molecule has 4 nitrogen and oxygen atoms in total. The second-order valence-electron chi connectivity index (χ2n) is 5.24. The zero-order chi connectivity index (χ0) is 14.9. The van der Waals surface area contributed by atoms with Crippen LogP contribution in [0.5, 0.6) is 0 Å². The molecule has 0 bridgehead atoms. The summed E-state index contributed by atoms with van der Waals surface area (Å²) in [6.07, 6.45) is 1.22. The Kier molecular flexibility index (Phi) is 4.54. The molecule has 0 aliphatic carbocycles. The third-order valence-electron chi connectivity index (χ3n) is 3.86. The highest BCUT2D eigenvalue weighted by molar-refractivity contribution is 9.11. The highest BCUT2D eigenvalue weighted by Crippen LogP contribution is 2.28. The maximum Gasteiger partial charge on any atom is 0.249 e. The standard InChI is InChI=1S/C14H19BrN2O2S/c1-4-10-12(18)16-14(3,5-2)13(19)17(10)8-9-6-7-11(15)20-9/h6-7,10H,4-5,8H2,1-3H3,(H,16,18). The van der Waals surface area contributed by atoms with Crippen molar-refractivity contribution < 1.29 is 9.59 Å². The Morgan fingerprint density at radius 2 is 2.10 bits per heavy atom. The van der Waals surface area contributed by atoms with Gasteiger partial charge < -0.3 is 10.2 Å². The fourth-order valence-corrected chi connectivity index (χ4v) is 3.92. The summed E-state index contributed by atoms with van der Waals surface area (Å²) in [5.41, 5.74) is -0.781. The van der Waals surface area contributed by atoms with E-state index < -0.39 is 5.54 Å². The Morgan fingerprint density at radius 3 is 2.60 bits per heavy atom. The summed E-state index contributed by atoms with van der Waals surface area (Å²) in [6.45, 7) is 6.15. The van der Waals surface area contributed by atoms with Crippen molar-refractivity contribution in [1.29, 1.82) is 0 Å². The average Bonchev–Trinajstić information content (AvgIpc) is 2.81. The van der Waals surface area contributed by atoms with Crippen LogP contribution in [0.15, 0.2) is 15.9 Å². The van der Waals surface area contributed by atoms with Crippen LogP contribution >= 0.6 is 27.3 Å². The van der Waals surface area contributed by atoms with Crippen LogP contribution in [0, 0.1) is 0 Å². The minimum Gasteiger partial charge on any atom is -0.340 e. The van der Waals surface area contributed by atoms with E-state index in [2.05, 4.69) is 21.2 Å². The second kappa shape index (κ2) is 5.85. The smallest absolute Gasteiger partial charge is 0.249 e. The number of hydrogen-bond acceptors (Lipinski definition) is 3. The fourth-order valence-electron chi connectivity index (χ4n) is 2.44. The summed E-state index contributed by atoms with van der Waals surface area (Å²) < 4.78 is 1.03. The van der Waals surface area contributed by atoms with Gasteiger partial charge in [0.25, 0.3) is 0 Å². The molecule has 1 N–H and O–H groups in total. The van der Waals surface area contributed by atoms with E-state index in [-0.39, 0.29) is 17.9 Å². The lowest BCUT2D eigenvalue weighted by Gasteiger charge is -2.43. The minimum absolute atomic E-state index is 0.0102. The number of nitrogens with one attached hydrogen (secondary N) is 1. The number of hydrogen-bond donors (Lipinski definition) is 1. The van der Waals surface area contributed by atoms with Gasteiger partial charge in [-0.3, -0.25) is 9.59 Å². The van der Waals surface area contributed by atoms with Gasteiger partial charge in [-0.1, -0.05) is 13.8 Å². The van der Waals surface area contributed by atoms with E-state index >= 15 is 0 Å². The van der Waals surface area contributed by atoms with Crippen molar-refractivity contribution in [3.8, 4) is 0 Å². The minimum atomic E-state index is -0.781. The van der Waals surface area contributed by atoms with E-state index in [0.29, 0.717) is 19.4 Å². The molecule has 1 aromatic rings. The first kappa shape index (κ1) is 15.5. The Bertz CT molecular complexity index is 531. The summed E-state index contributed by atoms with van der Waals surface area (Å²) >= 11 is 5.02. The SMILES string of the molecule is CCC1C(=O)NC(C)(CC)C(=O)N1Cc1ccc(Br)s1. The normalized spacial score (nSPS) is 26.8. The maximum atomic E-state index is 12.7. The van der Waals surface area contributed by atoms with Crippen molar-refractivity contribution >= 4 is 39.1 Å². The molecule has 1 saturated heterocycles. The second-order valence-corrected chi connectivity index (χ2v) is 7.79. The summed E-state index contributed by atoms with van der Waals surface area (Å²) in [4.78, 5) is 27.8. The number of amides is 2.